The molecule has 0 spiro atoms. The fourth-order valence-corrected chi connectivity index (χ4v) is 2.38. The lowest BCUT2D eigenvalue weighted by molar-refractivity contribution is -0.140. The second-order valence-electron chi connectivity index (χ2n) is 5.38. The van der Waals surface area contributed by atoms with Gasteiger partial charge in [-0.05, 0) is 42.7 Å². The summed E-state index contributed by atoms with van der Waals surface area (Å²) in [4.78, 5) is 24.1. The summed E-state index contributed by atoms with van der Waals surface area (Å²) in [6.45, 7) is 3.62. The third-order valence-corrected chi connectivity index (χ3v) is 3.80. The first-order valence-electron chi connectivity index (χ1n) is 7.77. The van der Waals surface area contributed by atoms with E-state index in [9.17, 15) is 9.59 Å². The molecule has 0 unspecified atom stereocenters. The molecule has 2 aromatic carbocycles. The van der Waals surface area contributed by atoms with E-state index >= 15 is 0 Å². The van der Waals surface area contributed by atoms with Gasteiger partial charge >= 0.3 is 5.97 Å². The smallest absolute Gasteiger partial charge is 0.331 e. The van der Waals surface area contributed by atoms with Crippen LogP contribution in [-0.4, -0.2) is 17.9 Å². The van der Waals surface area contributed by atoms with Crippen LogP contribution in [0.3, 0.4) is 0 Å². The molecule has 0 heterocycles. The molecule has 0 bridgehead atoms. The molecule has 0 saturated carbocycles. The maximum Gasteiger partial charge on any atom is 0.331 e. The predicted molar refractivity (Wildman–Crippen MR) is 96.2 cm³/mol. The highest BCUT2D eigenvalue weighted by molar-refractivity contribution is 6.30. The van der Waals surface area contributed by atoms with Gasteiger partial charge in [-0.3, -0.25) is 4.79 Å². The summed E-state index contributed by atoms with van der Waals surface area (Å²) < 4.78 is 5.17. The van der Waals surface area contributed by atoms with Gasteiger partial charge < -0.3 is 4.74 Å². The normalized spacial score (nSPS) is 12.1. The molecular weight excluding hydrogens is 324 g/mol. The quantitative estimate of drug-likeness (QED) is 0.433. The molecule has 0 aliphatic carbocycles. The van der Waals surface area contributed by atoms with E-state index in [0.29, 0.717) is 10.6 Å². The van der Waals surface area contributed by atoms with E-state index in [4.69, 9.17) is 16.3 Å². The van der Waals surface area contributed by atoms with Gasteiger partial charge in [-0.25, -0.2) is 4.79 Å². The van der Waals surface area contributed by atoms with Crippen LogP contribution in [0, 0.1) is 0 Å². The Hall–Kier alpha value is -2.39. The molecule has 3 nitrogen and oxygen atoms in total. The lowest BCUT2D eigenvalue weighted by Gasteiger charge is -2.11. The first-order chi connectivity index (χ1) is 11.5. The zero-order chi connectivity index (χ0) is 17.5. The Morgan fingerprint density at radius 1 is 1.17 bits per heavy atom. The number of halogens is 1. The van der Waals surface area contributed by atoms with E-state index in [-0.39, 0.29) is 5.78 Å². The summed E-state index contributed by atoms with van der Waals surface area (Å²) in [5.74, 6) is -0.789. The molecule has 1 atom stereocenters. The van der Waals surface area contributed by atoms with Gasteiger partial charge in [0, 0.05) is 16.7 Å². The van der Waals surface area contributed by atoms with Crippen molar-refractivity contribution in [3.05, 3.63) is 76.3 Å². The van der Waals surface area contributed by atoms with Gasteiger partial charge in [0.1, 0.15) is 0 Å². The predicted octanol–water partition coefficient (Wildman–Crippen LogP) is 4.73. The third kappa shape index (κ3) is 5.07. The molecule has 4 heteroatoms. The minimum Gasteiger partial charge on any atom is -0.451 e. The van der Waals surface area contributed by atoms with Crippen molar-refractivity contribution in [2.75, 3.05) is 0 Å². The SMILES string of the molecule is CCc1ccc(C(=O)[C@H](C)OC(=O)/C=C/c2cccc(Cl)c2)cc1. The molecule has 24 heavy (non-hydrogen) atoms. The molecule has 0 N–H and O–H groups in total. The maximum absolute atomic E-state index is 12.3. The van der Waals surface area contributed by atoms with Crippen LogP contribution in [0.2, 0.25) is 5.02 Å². The number of rotatable bonds is 6. The van der Waals surface area contributed by atoms with Crippen molar-refractivity contribution < 1.29 is 14.3 Å². The fourth-order valence-electron chi connectivity index (χ4n) is 2.18. The van der Waals surface area contributed by atoms with Crippen LogP contribution in [0.25, 0.3) is 6.08 Å². The largest absolute Gasteiger partial charge is 0.451 e. The van der Waals surface area contributed by atoms with Crippen LogP contribution in [0.15, 0.2) is 54.6 Å². The lowest BCUT2D eigenvalue weighted by Crippen LogP contribution is -2.23. The number of aryl methyl sites for hydroxylation is 1. The molecule has 124 valence electrons. The van der Waals surface area contributed by atoms with E-state index in [1.54, 1.807) is 43.3 Å². The Balaban J connectivity index is 1.96. The third-order valence-electron chi connectivity index (χ3n) is 3.57. The van der Waals surface area contributed by atoms with E-state index in [0.717, 1.165) is 17.5 Å². The molecule has 2 rings (SSSR count). The van der Waals surface area contributed by atoms with Gasteiger partial charge in [0.05, 0.1) is 0 Å². The van der Waals surface area contributed by atoms with Crippen molar-refractivity contribution >= 4 is 29.4 Å². The zero-order valence-electron chi connectivity index (χ0n) is 13.7. The van der Waals surface area contributed by atoms with Crippen LogP contribution in [0.4, 0.5) is 0 Å². The van der Waals surface area contributed by atoms with Gasteiger partial charge in [0.15, 0.2) is 6.10 Å². The minimum atomic E-state index is -0.839. The lowest BCUT2D eigenvalue weighted by atomic mass is 10.0. The first-order valence-corrected chi connectivity index (χ1v) is 8.15. The van der Waals surface area contributed by atoms with Gasteiger partial charge in [-0.2, -0.15) is 0 Å². The number of carbonyl (C=O) groups is 2. The summed E-state index contributed by atoms with van der Waals surface area (Å²) in [6.07, 6.45) is 2.96. The number of hydrogen-bond donors (Lipinski definition) is 0. The molecule has 0 aliphatic rings. The summed E-state index contributed by atoms with van der Waals surface area (Å²) in [5, 5.41) is 0.588. The molecule has 0 aliphatic heterocycles. The molecule has 0 fully saturated rings. The number of ketones is 1. The van der Waals surface area contributed by atoms with E-state index in [1.165, 1.54) is 6.08 Å². The van der Waals surface area contributed by atoms with Crippen LogP contribution in [0.1, 0.15) is 35.3 Å². The Labute approximate surface area is 146 Å². The molecule has 0 aromatic heterocycles. The Morgan fingerprint density at radius 3 is 2.50 bits per heavy atom. The number of esters is 1. The number of benzene rings is 2. The summed E-state index contributed by atoms with van der Waals surface area (Å²) in [5.41, 5.74) is 2.47. The van der Waals surface area contributed by atoms with Gasteiger partial charge in [-0.1, -0.05) is 54.9 Å². The molecule has 0 radical (unpaired) electrons. The van der Waals surface area contributed by atoms with E-state index in [1.807, 2.05) is 25.1 Å². The Bertz CT molecular complexity index is 748. The zero-order valence-corrected chi connectivity index (χ0v) is 14.4. The highest BCUT2D eigenvalue weighted by Gasteiger charge is 2.18. The van der Waals surface area contributed by atoms with E-state index < -0.39 is 12.1 Å². The summed E-state index contributed by atoms with van der Waals surface area (Å²) in [7, 11) is 0. The molecule has 0 saturated heterocycles. The second-order valence-corrected chi connectivity index (χ2v) is 5.82. The number of Topliss-reactive ketones (excluding diaryl/α,β-unsaturated/α-hetero) is 1. The van der Waals surface area contributed by atoms with Crippen LogP contribution < -0.4 is 0 Å². The Kier molecular flexibility index (Phi) is 6.33. The van der Waals surface area contributed by atoms with Crippen molar-refractivity contribution in [1.82, 2.24) is 0 Å². The average molecular weight is 343 g/mol. The average Bonchev–Trinajstić information content (AvgIpc) is 2.59. The number of ether oxygens (including phenoxy) is 1. The highest BCUT2D eigenvalue weighted by Crippen LogP contribution is 2.13. The fraction of sp³-hybridized carbons (Fsp3) is 0.200. The van der Waals surface area contributed by atoms with Crippen molar-refractivity contribution in [3.63, 3.8) is 0 Å². The van der Waals surface area contributed by atoms with Gasteiger partial charge in [-0.15, -0.1) is 0 Å². The standard InChI is InChI=1S/C20H19ClO3/c1-3-15-7-10-17(11-8-15)20(23)14(2)24-19(22)12-9-16-5-4-6-18(21)13-16/h4-14H,3H2,1-2H3/b12-9+/t14-/m0/s1. The number of hydrogen-bond acceptors (Lipinski definition) is 3. The monoisotopic (exact) mass is 342 g/mol. The van der Waals surface area contributed by atoms with Crippen LogP contribution in [-0.2, 0) is 16.0 Å². The van der Waals surface area contributed by atoms with Crippen LogP contribution in [0.5, 0.6) is 0 Å². The van der Waals surface area contributed by atoms with Crippen molar-refractivity contribution in [3.8, 4) is 0 Å². The van der Waals surface area contributed by atoms with E-state index in [2.05, 4.69) is 0 Å². The summed E-state index contributed by atoms with van der Waals surface area (Å²) >= 11 is 5.88. The minimum absolute atomic E-state index is 0.220. The van der Waals surface area contributed by atoms with Gasteiger partial charge in [0.2, 0.25) is 5.78 Å². The molecule has 0 amide bonds. The first kappa shape index (κ1) is 18.0. The number of carbonyl (C=O) groups excluding carboxylic acids is 2. The summed E-state index contributed by atoms with van der Waals surface area (Å²) in [6, 6.07) is 14.4. The van der Waals surface area contributed by atoms with Crippen molar-refractivity contribution in [2.24, 2.45) is 0 Å². The topological polar surface area (TPSA) is 43.4 Å². The Morgan fingerprint density at radius 2 is 1.88 bits per heavy atom. The van der Waals surface area contributed by atoms with Gasteiger partial charge in [0.25, 0.3) is 0 Å². The molecular formula is C20H19ClO3. The second kappa shape index (κ2) is 8.46. The van der Waals surface area contributed by atoms with Crippen molar-refractivity contribution in [1.29, 1.82) is 0 Å². The van der Waals surface area contributed by atoms with Crippen molar-refractivity contribution in [2.45, 2.75) is 26.4 Å². The highest BCUT2D eigenvalue weighted by atomic mass is 35.5. The maximum atomic E-state index is 12.3. The van der Waals surface area contributed by atoms with Crippen LogP contribution >= 0.6 is 11.6 Å². The molecule has 2 aromatic rings.